The third-order valence-electron chi connectivity index (χ3n) is 3.08. The van der Waals surface area contributed by atoms with Crippen LogP contribution in [0.15, 0.2) is 64.4 Å². The van der Waals surface area contributed by atoms with Crippen molar-refractivity contribution in [1.29, 1.82) is 0 Å². The van der Waals surface area contributed by atoms with Crippen LogP contribution >= 0.6 is 11.8 Å². The van der Waals surface area contributed by atoms with Gasteiger partial charge in [0, 0.05) is 16.3 Å². The van der Waals surface area contributed by atoms with Crippen LogP contribution in [0.4, 0.5) is 4.79 Å². The molecule has 0 aromatic heterocycles. The SMILES string of the molecule is CCN(CCOc1ccc(Sc2ccccc2)cc1)C(=O)O. The molecule has 1 N–H and O–H groups in total. The molecule has 22 heavy (non-hydrogen) atoms. The molecule has 0 radical (unpaired) electrons. The Kier molecular flexibility index (Phi) is 6.15. The number of likely N-dealkylation sites (N-methyl/N-ethyl adjacent to an activating group) is 1. The van der Waals surface area contributed by atoms with Crippen LogP contribution in [-0.4, -0.2) is 35.8 Å². The molecule has 0 unspecified atom stereocenters. The van der Waals surface area contributed by atoms with E-state index in [0.29, 0.717) is 19.7 Å². The van der Waals surface area contributed by atoms with Crippen molar-refractivity contribution in [2.75, 3.05) is 19.7 Å². The van der Waals surface area contributed by atoms with Crippen molar-refractivity contribution in [3.05, 3.63) is 54.6 Å². The molecule has 116 valence electrons. The fourth-order valence-corrected chi connectivity index (χ4v) is 2.73. The molecule has 0 aliphatic carbocycles. The van der Waals surface area contributed by atoms with E-state index in [9.17, 15) is 4.79 Å². The molecule has 0 aliphatic heterocycles. The maximum Gasteiger partial charge on any atom is 0.407 e. The zero-order valence-corrected chi connectivity index (χ0v) is 13.3. The molecule has 1 amide bonds. The number of rotatable bonds is 7. The summed E-state index contributed by atoms with van der Waals surface area (Å²) in [6, 6.07) is 18.0. The van der Waals surface area contributed by atoms with Crippen molar-refractivity contribution in [1.82, 2.24) is 4.90 Å². The van der Waals surface area contributed by atoms with Crippen LogP contribution in [-0.2, 0) is 0 Å². The van der Waals surface area contributed by atoms with Gasteiger partial charge in [0.25, 0.3) is 0 Å². The molecular formula is C17H19NO3S. The minimum Gasteiger partial charge on any atom is -0.492 e. The van der Waals surface area contributed by atoms with Gasteiger partial charge in [0.1, 0.15) is 12.4 Å². The van der Waals surface area contributed by atoms with E-state index < -0.39 is 6.09 Å². The quantitative estimate of drug-likeness (QED) is 0.831. The normalized spacial score (nSPS) is 10.2. The molecule has 0 saturated carbocycles. The van der Waals surface area contributed by atoms with Gasteiger partial charge in [-0.1, -0.05) is 30.0 Å². The van der Waals surface area contributed by atoms with Crippen molar-refractivity contribution in [2.24, 2.45) is 0 Å². The number of hydrogen-bond donors (Lipinski definition) is 1. The first-order valence-corrected chi connectivity index (χ1v) is 7.94. The van der Waals surface area contributed by atoms with Gasteiger partial charge in [-0.25, -0.2) is 4.79 Å². The number of amides is 1. The van der Waals surface area contributed by atoms with Crippen LogP contribution < -0.4 is 4.74 Å². The molecule has 4 nitrogen and oxygen atoms in total. The van der Waals surface area contributed by atoms with Gasteiger partial charge in [-0.05, 0) is 43.3 Å². The lowest BCUT2D eigenvalue weighted by atomic mass is 10.3. The average Bonchev–Trinajstić information content (AvgIpc) is 2.54. The number of ether oxygens (including phenoxy) is 1. The van der Waals surface area contributed by atoms with Crippen LogP contribution in [0.3, 0.4) is 0 Å². The van der Waals surface area contributed by atoms with Crippen molar-refractivity contribution in [3.8, 4) is 5.75 Å². The van der Waals surface area contributed by atoms with E-state index in [2.05, 4.69) is 12.1 Å². The van der Waals surface area contributed by atoms with Crippen LogP contribution in [0.25, 0.3) is 0 Å². The molecular weight excluding hydrogens is 298 g/mol. The summed E-state index contributed by atoms with van der Waals surface area (Å²) in [5, 5.41) is 8.91. The highest BCUT2D eigenvalue weighted by Gasteiger charge is 2.08. The Labute approximate surface area is 134 Å². The number of carboxylic acid groups (broad SMARTS) is 1. The first-order valence-electron chi connectivity index (χ1n) is 7.12. The molecule has 5 heteroatoms. The first-order chi connectivity index (χ1) is 10.7. The predicted octanol–water partition coefficient (Wildman–Crippen LogP) is 4.22. The van der Waals surface area contributed by atoms with Gasteiger partial charge in [0.2, 0.25) is 0 Å². The number of hydrogen-bond acceptors (Lipinski definition) is 3. The second-order valence-corrected chi connectivity index (χ2v) is 5.74. The van der Waals surface area contributed by atoms with Gasteiger partial charge in [-0.15, -0.1) is 0 Å². The zero-order valence-electron chi connectivity index (χ0n) is 12.4. The van der Waals surface area contributed by atoms with E-state index in [1.54, 1.807) is 11.8 Å². The van der Waals surface area contributed by atoms with Gasteiger partial charge < -0.3 is 14.7 Å². The Morgan fingerprint density at radius 2 is 1.73 bits per heavy atom. The van der Waals surface area contributed by atoms with E-state index in [0.717, 1.165) is 10.6 Å². The van der Waals surface area contributed by atoms with E-state index in [-0.39, 0.29) is 0 Å². The van der Waals surface area contributed by atoms with Gasteiger partial charge in [0.05, 0.1) is 6.54 Å². The molecule has 2 aromatic rings. The summed E-state index contributed by atoms with van der Waals surface area (Å²) in [5.74, 6) is 0.749. The molecule has 2 aromatic carbocycles. The van der Waals surface area contributed by atoms with Crippen molar-refractivity contribution >= 4 is 17.9 Å². The van der Waals surface area contributed by atoms with E-state index in [4.69, 9.17) is 9.84 Å². The van der Waals surface area contributed by atoms with E-state index in [1.807, 2.05) is 49.4 Å². The molecule has 0 aliphatic rings. The molecule has 0 bridgehead atoms. The maximum absolute atomic E-state index is 10.9. The highest BCUT2D eigenvalue weighted by Crippen LogP contribution is 2.28. The van der Waals surface area contributed by atoms with Gasteiger partial charge >= 0.3 is 6.09 Å². The van der Waals surface area contributed by atoms with Gasteiger partial charge in [0.15, 0.2) is 0 Å². The first kappa shape index (κ1) is 16.2. The number of nitrogens with zero attached hydrogens (tertiary/aromatic N) is 1. The maximum atomic E-state index is 10.9. The smallest absolute Gasteiger partial charge is 0.407 e. The zero-order chi connectivity index (χ0) is 15.8. The second kappa shape index (κ2) is 8.34. The largest absolute Gasteiger partial charge is 0.492 e. The Bertz CT molecular complexity index is 587. The Balaban J connectivity index is 1.83. The molecule has 0 spiro atoms. The topological polar surface area (TPSA) is 49.8 Å². The summed E-state index contributed by atoms with van der Waals surface area (Å²) < 4.78 is 5.58. The molecule has 2 rings (SSSR count). The minimum atomic E-state index is -0.916. The lowest BCUT2D eigenvalue weighted by Crippen LogP contribution is -2.33. The standard InChI is InChI=1S/C17H19NO3S/c1-2-18(17(19)20)12-13-21-14-8-10-16(11-9-14)22-15-6-4-3-5-7-15/h3-11H,2,12-13H2,1H3,(H,19,20). The monoisotopic (exact) mass is 317 g/mol. The number of benzene rings is 2. The summed E-state index contributed by atoms with van der Waals surface area (Å²) in [6.07, 6.45) is -0.916. The highest BCUT2D eigenvalue weighted by molar-refractivity contribution is 7.99. The van der Waals surface area contributed by atoms with Crippen LogP contribution in [0.2, 0.25) is 0 Å². The molecule has 0 saturated heterocycles. The fraction of sp³-hybridized carbons (Fsp3) is 0.235. The van der Waals surface area contributed by atoms with Gasteiger partial charge in [-0.3, -0.25) is 0 Å². The van der Waals surface area contributed by atoms with E-state index >= 15 is 0 Å². The van der Waals surface area contributed by atoms with Crippen LogP contribution in [0.5, 0.6) is 5.75 Å². The van der Waals surface area contributed by atoms with Crippen molar-refractivity contribution in [2.45, 2.75) is 16.7 Å². The Morgan fingerprint density at radius 1 is 1.09 bits per heavy atom. The summed E-state index contributed by atoms with van der Waals surface area (Å²) in [6.45, 7) is 2.99. The second-order valence-electron chi connectivity index (χ2n) is 4.60. The Morgan fingerprint density at radius 3 is 2.32 bits per heavy atom. The summed E-state index contributed by atoms with van der Waals surface area (Å²) in [7, 11) is 0. The number of carbonyl (C=O) groups is 1. The van der Waals surface area contributed by atoms with Crippen LogP contribution in [0, 0.1) is 0 Å². The van der Waals surface area contributed by atoms with Crippen molar-refractivity contribution in [3.63, 3.8) is 0 Å². The summed E-state index contributed by atoms with van der Waals surface area (Å²) in [5.41, 5.74) is 0. The summed E-state index contributed by atoms with van der Waals surface area (Å²) >= 11 is 1.69. The minimum absolute atomic E-state index is 0.352. The third kappa shape index (κ3) is 5.00. The fourth-order valence-electron chi connectivity index (χ4n) is 1.89. The molecule has 0 atom stereocenters. The predicted molar refractivity (Wildman–Crippen MR) is 87.8 cm³/mol. The summed E-state index contributed by atoms with van der Waals surface area (Å²) in [4.78, 5) is 14.5. The van der Waals surface area contributed by atoms with Crippen LogP contribution in [0.1, 0.15) is 6.92 Å². The highest BCUT2D eigenvalue weighted by atomic mass is 32.2. The Hall–Kier alpha value is -2.14. The lowest BCUT2D eigenvalue weighted by molar-refractivity contribution is 0.138. The third-order valence-corrected chi connectivity index (χ3v) is 4.10. The van der Waals surface area contributed by atoms with Gasteiger partial charge in [-0.2, -0.15) is 0 Å². The molecule has 0 fully saturated rings. The molecule has 0 heterocycles. The lowest BCUT2D eigenvalue weighted by Gasteiger charge is -2.17. The average molecular weight is 317 g/mol. The van der Waals surface area contributed by atoms with Crippen molar-refractivity contribution < 1.29 is 14.6 Å². The van der Waals surface area contributed by atoms with E-state index in [1.165, 1.54) is 9.80 Å².